The maximum absolute atomic E-state index is 13.2. The molecule has 0 aromatic heterocycles. The average Bonchev–Trinajstić information content (AvgIpc) is 0.946. The molecular weight excluding hydrogens is 1400 g/mol. The van der Waals surface area contributed by atoms with Crippen molar-refractivity contribution < 1.29 is 80.2 Å². The smallest absolute Gasteiger partial charge is 0.462 e. The van der Waals surface area contributed by atoms with E-state index in [1.54, 1.807) is 0 Å². The van der Waals surface area contributed by atoms with Crippen LogP contribution in [0.3, 0.4) is 0 Å². The summed E-state index contributed by atoms with van der Waals surface area (Å²) in [5.74, 6) is 0.245. The van der Waals surface area contributed by atoms with E-state index in [4.69, 9.17) is 37.0 Å². The lowest BCUT2D eigenvalue weighted by Gasteiger charge is -2.21. The van der Waals surface area contributed by atoms with E-state index in [2.05, 4.69) is 48.5 Å². The number of phosphoric acid groups is 2. The molecule has 0 aliphatic rings. The van der Waals surface area contributed by atoms with Crippen molar-refractivity contribution in [3.05, 3.63) is 0 Å². The van der Waals surface area contributed by atoms with Gasteiger partial charge in [0.2, 0.25) is 0 Å². The molecule has 0 saturated carbocycles. The number of carbonyl (C=O) groups excluding carboxylic acids is 4. The summed E-state index contributed by atoms with van der Waals surface area (Å²) in [4.78, 5) is 73.3. The van der Waals surface area contributed by atoms with Gasteiger partial charge in [0, 0.05) is 25.7 Å². The summed E-state index contributed by atoms with van der Waals surface area (Å²) in [6.45, 7) is 12.0. The number of aliphatic hydroxyl groups is 1. The Morgan fingerprint density at radius 1 is 0.269 bits per heavy atom. The molecule has 0 aliphatic carbocycles. The number of rotatable bonds is 87. The minimum atomic E-state index is -4.97. The molecule has 0 amide bonds. The van der Waals surface area contributed by atoms with Gasteiger partial charge in [-0.05, 0) is 43.4 Å². The number of hydrogen-bond donors (Lipinski definition) is 3. The van der Waals surface area contributed by atoms with Crippen molar-refractivity contribution in [1.82, 2.24) is 0 Å². The van der Waals surface area contributed by atoms with E-state index in [0.717, 1.165) is 108 Å². The Balaban J connectivity index is 5.21. The molecule has 0 spiro atoms. The number of hydrogen-bond acceptors (Lipinski definition) is 15. The highest BCUT2D eigenvalue weighted by Crippen LogP contribution is 2.45. The standard InChI is InChI=1S/C89H174O17P2/c1-8-10-11-12-13-14-15-16-17-18-19-20-21-22-26-29-32-35-41-49-56-63-70-86(91)99-76-84(105-88(93)72-65-58-51-42-36-33-30-27-24-23-25-28-31-34-40-48-55-62-69-82(7)9-2)78-103-107(95,96)101-74-83(90)75-102-108(97,98)104-79-85(77-100-87(92)71-64-57-50-45-44-47-54-61-68-81(5)6)106-89(94)73-66-59-52-43-38-37-39-46-53-60-67-80(3)4/h80-85,90H,8-79H2,1-7H3,(H,95,96)(H,97,98)/t82?,83-,84-,85-/m1/s1. The van der Waals surface area contributed by atoms with Crippen LogP contribution in [0.2, 0.25) is 0 Å². The van der Waals surface area contributed by atoms with Crippen LogP contribution in [0.1, 0.15) is 472 Å². The molecule has 0 rings (SSSR count). The van der Waals surface area contributed by atoms with Gasteiger partial charge in [-0.2, -0.15) is 0 Å². The van der Waals surface area contributed by atoms with E-state index in [9.17, 15) is 43.2 Å². The molecule has 3 unspecified atom stereocenters. The molecule has 19 heteroatoms. The number of ether oxygens (including phenoxy) is 4. The summed E-state index contributed by atoms with van der Waals surface area (Å²) in [5.41, 5.74) is 0. The molecule has 0 aliphatic heterocycles. The summed E-state index contributed by atoms with van der Waals surface area (Å²) in [5, 5.41) is 10.7. The third-order valence-electron chi connectivity index (χ3n) is 21.2. The Morgan fingerprint density at radius 2 is 0.472 bits per heavy atom. The van der Waals surface area contributed by atoms with E-state index in [-0.39, 0.29) is 25.7 Å². The molecule has 6 atom stereocenters. The van der Waals surface area contributed by atoms with E-state index in [1.165, 1.54) is 283 Å². The van der Waals surface area contributed by atoms with Crippen LogP contribution in [-0.2, 0) is 65.4 Å². The topological polar surface area (TPSA) is 237 Å². The largest absolute Gasteiger partial charge is 0.472 e. The lowest BCUT2D eigenvalue weighted by atomic mass is 9.99. The highest BCUT2D eigenvalue weighted by Gasteiger charge is 2.31. The van der Waals surface area contributed by atoms with Crippen molar-refractivity contribution in [2.24, 2.45) is 17.8 Å². The highest BCUT2D eigenvalue weighted by atomic mass is 31.2. The van der Waals surface area contributed by atoms with E-state index < -0.39 is 97.5 Å². The Bertz CT molecular complexity index is 2080. The van der Waals surface area contributed by atoms with Crippen molar-refractivity contribution in [3.8, 4) is 0 Å². The third kappa shape index (κ3) is 80.7. The summed E-state index contributed by atoms with van der Waals surface area (Å²) in [7, 11) is -9.93. The van der Waals surface area contributed by atoms with Gasteiger partial charge in [0.25, 0.3) is 0 Å². The van der Waals surface area contributed by atoms with Crippen LogP contribution in [0.5, 0.6) is 0 Å². The van der Waals surface area contributed by atoms with Gasteiger partial charge in [-0.25, -0.2) is 9.13 Å². The van der Waals surface area contributed by atoms with Crippen molar-refractivity contribution in [2.75, 3.05) is 39.6 Å². The fourth-order valence-corrected chi connectivity index (χ4v) is 15.4. The molecule has 642 valence electrons. The van der Waals surface area contributed by atoms with Gasteiger partial charge in [0.15, 0.2) is 12.2 Å². The summed E-state index contributed by atoms with van der Waals surface area (Å²) in [6, 6.07) is 0. The second-order valence-electron chi connectivity index (χ2n) is 33.2. The van der Waals surface area contributed by atoms with Gasteiger partial charge in [-0.1, -0.05) is 421 Å². The van der Waals surface area contributed by atoms with Crippen molar-refractivity contribution in [3.63, 3.8) is 0 Å². The number of phosphoric ester groups is 2. The molecule has 0 fully saturated rings. The minimum absolute atomic E-state index is 0.106. The second kappa shape index (κ2) is 78.9. The first-order valence-electron chi connectivity index (χ1n) is 45.9. The minimum Gasteiger partial charge on any atom is -0.462 e. The maximum atomic E-state index is 13.2. The fraction of sp³-hybridized carbons (Fsp3) is 0.955. The van der Waals surface area contributed by atoms with Crippen LogP contribution in [0.25, 0.3) is 0 Å². The normalized spacial score (nSPS) is 14.1. The zero-order valence-corrected chi connectivity index (χ0v) is 73.1. The first-order chi connectivity index (χ1) is 52.3. The van der Waals surface area contributed by atoms with Crippen LogP contribution >= 0.6 is 15.6 Å². The Labute approximate surface area is 664 Å². The van der Waals surface area contributed by atoms with Crippen LogP contribution in [0.15, 0.2) is 0 Å². The molecule has 0 heterocycles. The molecule has 0 radical (unpaired) electrons. The zero-order chi connectivity index (χ0) is 79.3. The van der Waals surface area contributed by atoms with Crippen molar-refractivity contribution in [1.29, 1.82) is 0 Å². The monoisotopic (exact) mass is 1580 g/mol. The Kier molecular flexibility index (Phi) is 77.5. The Morgan fingerprint density at radius 3 is 0.704 bits per heavy atom. The molecule has 108 heavy (non-hydrogen) atoms. The van der Waals surface area contributed by atoms with Crippen LogP contribution in [0.4, 0.5) is 0 Å². The third-order valence-corrected chi connectivity index (χ3v) is 23.1. The van der Waals surface area contributed by atoms with E-state index >= 15 is 0 Å². The molecule has 0 bridgehead atoms. The predicted octanol–water partition coefficient (Wildman–Crippen LogP) is 27.3. The molecule has 0 aromatic rings. The molecular formula is C89H174O17P2. The van der Waals surface area contributed by atoms with Crippen molar-refractivity contribution in [2.45, 2.75) is 491 Å². The molecule has 0 saturated heterocycles. The molecule has 3 N–H and O–H groups in total. The van der Waals surface area contributed by atoms with Gasteiger partial charge in [0.1, 0.15) is 19.3 Å². The molecule has 0 aromatic carbocycles. The van der Waals surface area contributed by atoms with Crippen LogP contribution < -0.4 is 0 Å². The lowest BCUT2D eigenvalue weighted by molar-refractivity contribution is -0.161. The van der Waals surface area contributed by atoms with E-state index in [1.807, 2.05) is 0 Å². The van der Waals surface area contributed by atoms with Gasteiger partial charge < -0.3 is 33.8 Å². The second-order valence-corrected chi connectivity index (χ2v) is 36.1. The number of esters is 4. The Hall–Kier alpha value is -1.94. The van der Waals surface area contributed by atoms with Crippen LogP contribution in [0, 0.1) is 17.8 Å². The van der Waals surface area contributed by atoms with E-state index in [0.29, 0.717) is 25.7 Å². The fourth-order valence-electron chi connectivity index (χ4n) is 13.9. The number of unbranched alkanes of at least 4 members (excludes halogenated alkanes) is 54. The highest BCUT2D eigenvalue weighted by molar-refractivity contribution is 7.47. The van der Waals surface area contributed by atoms with Crippen molar-refractivity contribution >= 4 is 39.5 Å². The van der Waals surface area contributed by atoms with Crippen LogP contribution in [-0.4, -0.2) is 96.7 Å². The summed E-state index contributed by atoms with van der Waals surface area (Å²) < 4.78 is 68.9. The number of aliphatic hydroxyl groups excluding tert-OH is 1. The van der Waals surface area contributed by atoms with Gasteiger partial charge in [-0.3, -0.25) is 37.3 Å². The quantitative estimate of drug-likeness (QED) is 0.0222. The SMILES string of the molecule is CCCCCCCCCCCCCCCCCCCCCCCCC(=O)OC[C@H](COP(=O)(O)OC[C@@H](O)COP(=O)(O)OC[C@@H](COC(=O)CCCCCCCCCCC(C)C)OC(=O)CCCCCCCCCCCCC(C)C)OC(=O)CCCCCCCCCCCCCCCCCCCCC(C)CC. The average molecular weight is 1580 g/mol. The van der Waals surface area contributed by atoms with Gasteiger partial charge >= 0.3 is 39.5 Å². The number of carbonyl (C=O) groups is 4. The van der Waals surface area contributed by atoms with Gasteiger partial charge in [-0.15, -0.1) is 0 Å². The first kappa shape index (κ1) is 106. The summed E-state index contributed by atoms with van der Waals surface area (Å²) >= 11 is 0. The van der Waals surface area contributed by atoms with Gasteiger partial charge in [0.05, 0.1) is 26.4 Å². The summed E-state index contributed by atoms with van der Waals surface area (Å²) in [6.07, 6.45) is 71.1. The molecule has 17 nitrogen and oxygen atoms in total. The predicted molar refractivity (Wildman–Crippen MR) is 446 cm³/mol. The maximum Gasteiger partial charge on any atom is 0.472 e. The zero-order valence-electron chi connectivity index (χ0n) is 71.3. The lowest BCUT2D eigenvalue weighted by Crippen LogP contribution is -2.30. The first-order valence-corrected chi connectivity index (χ1v) is 48.9.